The number of benzene rings is 2. The van der Waals surface area contributed by atoms with Crippen LogP contribution < -0.4 is 20.7 Å². The minimum absolute atomic E-state index is 0.0268. The van der Waals surface area contributed by atoms with Crippen molar-refractivity contribution in [2.24, 2.45) is 5.92 Å². The van der Waals surface area contributed by atoms with Gasteiger partial charge in [-0.05, 0) is 63.2 Å². The lowest BCUT2D eigenvalue weighted by Crippen LogP contribution is -2.48. The minimum atomic E-state index is -0.538. The first kappa shape index (κ1) is 31.3. The summed E-state index contributed by atoms with van der Waals surface area (Å²) in [5, 5.41) is 21.9. The number of rotatable bonds is 7. The van der Waals surface area contributed by atoms with Crippen LogP contribution in [0.5, 0.6) is 5.75 Å². The zero-order valence-electron chi connectivity index (χ0n) is 24.8. The van der Waals surface area contributed by atoms with E-state index in [1.807, 2.05) is 6.92 Å². The van der Waals surface area contributed by atoms with E-state index in [0.29, 0.717) is 39.8 Å². The number of hydrogen-bond donors (Lipinski definition) is 4. The first-order valence-corrected chi connectivity index (χ1v) is 13.9. The molecule has 0 aliphatic carbocycles. The highest BCUT2D eigenvalue weighted by Gasteiger charge is 2.32. The maximum absolute atomic E-state index is 13.5. The summed E-state index contributed by atoms with van der Waals surface area (Å²) >= 11 is 0. The molecule has 2 aromatic carbocycles. The van der Waals surface area contributed by atoms with Gasteiger partial charge in [-0.25, -0.2) is 14.0 Å². The Morgan fingerprint density at radius 2 is 1.84 bits per heavy atom. The molecule has 3 aromatic rings. The Bertz CT molecular complexity index is 1440. The van der Waals surface area contributed by atoms with Gasteiger partial charge in [-0.15, -0.1) is 0 Å². The third-order valence-corrected chi connectivity index (χ3v) is 7.34. The fourth-order valence-corrected chi connectivity index (χ4v) is 4.77. The van der Waals surface area contributed by atoms with Crippen LogP contribution in [-0.4, -0.2) is 76.9 Å². The second-order valence-electron chi connectivity index (χ2n) is 10.8. The van der Waals surface area contributed by atoms with Crippen LogP contribution in [0.1, 0.15) is 30.9 Å². The number of aliphatic hydroxyl groups excluding tert-OH is 1. The maximum Gasteiger partial charge on any atom is 0.323 e. The Hall–Kier alpha value is -4.65. The smallest absolute Gasteiger partial charge is 0.323 e. The number of amides is 5. The number of anilines is 3. The molecule has 5 amide bonds. The Kier molecular flexibility index (Phi) is 9.86. The SMILES string of the molecule is Cc1noc(C)c1NC(=O)Nc1ccc2c(c1)CC(=O)N([C@H](C)CO)C[C@@H](C)[C@H](CN(C)C(=O)Nc1ccc(F)cc1)O2. The lowest BCUT2D eigenvalue weighted by molar-refractivity contribution is -0.134. The number of aliphatic hydroxyl groups is 1. The van der Waals surface area contributed by atoms with E-state index in [-0.39, 0.29) is 37.9 Å². The van der Waals surface area contributed by atoms with Crippen molar-refractivity contribution < 1.29 is 33.1 Å². The monoisotopic (exact) mass is 596 g/mol. The molecule has 1 aromatic heterocycles. The molecule has 0 radical (unpaired) electrons. The van der Waals surface area contributed by atoms with Crippen LogP contribution >= 0.6 is 0 Å². The van der Waals surface area contributed by atoms with Gasteiger partial charge in [0.15, 0.2) is 5.76 Å². The molecular weight excluding hydrogens is 559 g/mol. The van der Waals surface area contributed by atoms with Crippen LogP contribution in [0.2, 0.25) is 0 Å². The maximum atomic E-state index is 13.5. The van der Waals surface area contributed by atoms with E-state index in [9.17, 15) is 23.9 Å². The second-order valence-corrected chi connectivity index (χ2v) is 10.8. The van der Waals surface area contributed by atoms with Crippen molar-refractivity contribution >= 4 is 35.0 Å². The number of likely N-dealkylation sites (N-methyl/N-ethyl adjacent to an activating group) is 1. The molecule has 230 valence electrons. The van der Waals surface area contributed by atoms with Gasteiger partial charge in [0.25, 0.3) is 0 Å². The molecule has 0 fully saturated rings. The van der Waals surface area contributed by atoms with Crippen molar-refractivity contribution in [2.75, 3.05) is 42.7 Å². The summed E-state index contributed by atoms with van der Waals surface area (Å²) in [7, 11) is 1.62. The third-order valence-electron chi connectivity index (χ3n) is 7.34. The lowest BCUT2D eigenvalue weighted by Gasteiger charge is -2.34. The Morgan fingerprint density at radius 1 is 1.14 bits per heavy atom. The van der Waals surface area contributed by atoms with Gasteiger partial charge in [-0.1, -0.05) is 12.1 Å². The van der Waals surface area contributed by atoms with Gasteiger partial charge >= 0.3 is 12.1 Å². The Morgan fingerprint density at radius 3 is 2.49 bits per heavy atom. The van der Waals surface area contributed by atoms with E-state index < -0.39 is 30.0 Å². The number of ether oxygens (including phenoxy) is 1. The molecule has 4 N–H and O–H groups in total. The number of aryl methyl sites for hydroxylation is 2. The van der Waals surface area contributed by atoms with Crippen LogP contribution in [0, 0.1) is 25.6 Å². The highest BCUT2D eigenvalue weighted by Crippen LogP contribution is 2.29. The van der Waals surface area contributed by atoms with Crippen molar-refractivity contribution in [1.29, 1.82) is 0 Å². The summed E-state index contributed by atoms with van der Waals surface area (Å²) in [6.07, 6.45) is -0.565. The standard InChI is InChI=1S/C30H37FN6O6/c1-17-14-37(18(2)16-38)27(39)13-21-12-24(32-29(40)34-28-19(3)35-43-20(28)4)10-11-25(21)42-26(17)15-36(5)30(41)33-23-8-6-22(31)7-9-23/h6-12,17-18,26,38H,13-16H2,1-5H3,(H,33,41)(H2,32,34,40)/t17-,18-,26+/m1/s1. The molecule has 12 nitrogen and oxygen atoms in total. The topological polar surface area (TPSA) is 149 Å². The molecule has 3 atom stereocenters. The molecule has 0 spiro atoms. The predicted octanol–water partition coefficient (Wildman–Crippen LogP) is 4.39. The molecule has 43 heavy (non-hydrogen) atoms. The molecule has 4 rings (SSSR count). The van der Waals surface area contributed by atoms with Gasteiger partial charge in [0.05, 0.1) is 25.6 Å². The molecule has 0 saturated heterocycles. The number of nitrogens with one attached hydrogen (secondary N) is 3. The van der Waals surface area contributed by atoms with Gasteiger partial charge < -0.3 is 40.1 Å². The number of hydrogen-bond acceptors (Lipinski definition) is 7. The second kappa shape index (κ2) is 13.6. The van der Waals surface area contributed by atoms with Crippen LogP contribution in [0.15, 0.2) is 47.0 Å². The number of halogens is 1. The highest BCUT2D eigenvalue weighted by molar-refractivity contribution is 6.00. The number of urea groups is 2. The van der Waals surface area contributed by atoms with Crippen molar-refractivity contribution in [3.05, 3.63) is 65.3 Å². The van der Waals surface area contributed by atoms with Crippen molar-refractivity contribution in [3.8, 4) is 5.75 Å². The number of aromatic nitrogens is 1. The number of carbonyl (C=O) groups is 3. The van der Waals surface area contributed by atoms with Gasteiger partial charge in [-0.2, -0.15) is 0 Å². The Balaban J connectivity index is 1.56. The van der Waals surface area contributed by atoms with Crippen LogP contribution in [0.3, 0.4) is 0 Å². The summed E-state index contributed by atoms with van der Waals surface area (Å²) in [6.45, 7) is 7.32. The van der Waals surface area contributed by atoms with E-state index in [2.05, 4.69) is 21.1 Å². The normalized spacial score (nSPS) is 17.5. The molecule has 0 unspecified atom stereocenters. The molecule has 2 heterocycles. The molecule has 0 bridgehead atoms. The molecule has 0 saturated carbocycles. The fraction of sp³-hybridized carbons (Fsp3) is 0.400. The summed E-state index contributed by atoms with van der Waals surface area (Å²) < 4.78 is 24.8. The number of nitrogens with zero attached hydrogens (tertiary/aromatic N) is 3. The number of fused-ring (bicyclic) bond motifs is 1. The van der Waals surface area contributed by atoms with E-state index >= 15 is 0 Å². The van der Waals surface area contributed by atoms with E-state index in [1.165, 1.54) is 29.2 Å². The van der Waals surface area contributed by atoms with Gasteiger partial charge in [0.1, 0.15) is 29.1 Å². The van der Waals surface area contributed by atoms with Crippen molar-refractivity contribution in [1.82, 2.24) is 15.0 Å². The fourth-order valence-electron chi connectivity index (χ4n) is 4.77. The van der Waals surface area contributed by atoms with Gasteiger partial charge in [0.2, 0.25) is 5.91 Å². The van der Waals surface area contributed by atoms with Crippen molar-refractivity contribution in [2.45, 2.75) is 46.3 Å². The molecule has 1 aliphatic rings. The summed E-state index contributed by atoms with van der Waals surface area (Å²) in [4.78, 5) is 42.2. The summed E-state index contributed by atoms with van der Waals surface area (Å²) in [6, 6.07) is 9.09. The average molecular weight is 597 g/mol. The zero-order chi connectivity index (χ0) is 31.3. The predicted molar refractivity (Wildman–Crippen MR) is 159 cm³/mol. The number of carbonyl (C=O) groups excluding carboxylic acids is 3. The lowest BCUT2D eigenvalue weighted by atomic mass is 10.0. The van der Waals surface area contributed by atoms with E-state index in [1.54, 1.807) is 50.9 Å². The summed E-state index contributed by atoms with van der Waals surface area (Å²) in [5.74, 6) is 0.0547. The molecular formula is C30H37FN6O6. The van der Waals surface area contributed by atoms with E-state index in [0.717, 1.165) is 0 Å². The molecule has 1 aliphatic heterocycles. The van der Waals surface area contributed by atoms with Gasteiger partial charge in [-0.3, -0.25) is 4.79 Å². The van der Waals surface area contributed by atoms with Crippen LogP contribution in [-0.2, 0) is 11.2 Å². The summed E-state index contributed by atoms with van der Waals surface area (Å²) in [5.41, 5.74) is 2.42. The quantitative estimate of drug-likeness (QED) is 0.316. The molecule has 13 heteroatoms. The zero-order valence-corrected chi connectivity index (χ0v) is 24.8. The largest absolute Gasteiger partial charge is 0.488 e. The third kappa shape index (κ3) is 7.80. The minimum Gasteiger partial charge on any atom is -0.488 e. The van der Waals surface area contributed by atoms with E-state index in [4.69, 9.17) is 9.26 Å². The average Bonchev–Trinajstić information content (AvgIpc) is 3.30. The highest BCUT2D eigenvalue weighted by atomic mass is 19.1. The van der Waals surface area contributed by atoms with Crippen LogP contribution in [0.4, 0.5) is 31.0 Å². The Labute approximate surface area is 249 Å². The van der Waals surface area contributed by atoms with Crippen LogP contribution in [0.25, 0.3) is 0 Å². The first-order valence-electron chi connectivity index (χ1n) is 13.9. The van der Waals surface area contributed by atoms with Crippen molar-refractivity contribution in [3.63, 3.8) is 0 Å². The van der Waals surface area contributed by atoms with Gasteiger partial charge in [0, 0.05) is 36.4 Å². The first-order chi connectivity index (χ1) is 20.4.